The summed E-state index contributed by atoms with van der Waals surface area (Å²) < 4.78 is 0. The van der Waals surface area contributed by atoms with Gasteiger partial charge in [0.05, 0.1) is 17.4 Å². The second-order valence-corrected chi connectivity index (χ2v) is 6.80. The molecule has 3 rings (SSSR count). The zero-order valence-electron chi connectivity index (χ0n) is 12.4. The van der Waals surface area contributed by atoms with Crippen molar-refractivity contribution in [3.63, 3.8) is 0 Å². The Morgan fingerprint density at radius 1 is 1.45 bits per heavy atom. The van der Waals surface area contributed by atoms with Crippen LogP contribution in [-0.4, -0.2) is 48.9 Å². The largest absolute Gasteiger partial charge is 0.354 e. The highest BCUT2D eigenvalue weighted by Crippen LogP contribution is 2.39. The van der Waals surface area contributed by atoms with E-state index in [2.05, 4.69) is 24.5 Å². The van der Waals surface area contributed by atoms with Gasteiger partial charge in [-0.2, -0.15) is 0 Å². The van der Waals surface area contributed by atoms with Crippen molar-refractivity contribution in [1.29, 1.82) is 0 Å². The number of rotatable bonds is 2. The van der Waals surface area contributed by atoms with Crippen LogP contribution in [0.2, 0.25) is 0 Å². The predicted octanol–water partition coefficient (Wildman–Crippen LogP) is 0.359. The van der Waals surface area contributed by atoms with Gasteiger partial charge in [-0.15, -0.1) is 0 Å². The molecule has 5 nitrogen and oxygen atoms in total. The van der Waals surface area contributed by atoms with Crippen molar-refractivity contribution in [1.82, 2.24) is 15.5 Å². The van der Waals surface area contributed by atoms with Gasteiger partial charge in [0.15, 0.2) is 0 Å². The lowest BCUT2D eigenvalue weighted by atomic mass is 9.74. The van der Waals surface area contributed by atoms with Crippen LogP contribution in [0.4, 0.5) is 0 Å². The van der Waals surface area contributed by atoms with Gasteiger partial charge in [-0.05, 0) is 31.7 Å². The summed E-state index contributed by atoms with van der Waals surface area (Å²) in [6.45, 7) is 7.43. The molecule has 0 spiro atoms. The fourth-order valence-corrected chi connectivity index (χ4v) is 4.12. The van der Waals surface area contributed by atoms with Crippen molar-refractivity contribution in [2.24, 2.45) is 17.3 Å². The number of likely N-dealkylation sites (tertiary alicyclic amines) is 1. The molecule has 5 heteroatoms. The number of nitrogens with zero attached hydrogens (tertiary/aromatic N) is 1. The summed E-state index contributed by atoms with van der Waals surface area (Å²) in [5, 5.41) is 6.28. The molecule has 2 N–H and O–H groups in total. The molecule has 0 aromatic heterocycles. The number of hydrogen-bond donors (Lipinski definition) is 2. The van der Waals surface area contributed by atoms with Crippen LogP contribution in [0.25, 0.3) is 0 Å². The minimum absolute atomic E-state index is 0.0197. The Morgan fingerprint density at radius 3 is 2.90 bits per heavy atom. The lowest BCUT2D eigenvalue weighted by molar-refractivity contribution is -0.148. The summed E-state index contributed by atoms with van der Waals surface area (Å²) >= 11 is 0. The van der Waals surface area contributed by atoms with Crippen LogP contribution >= 0.6 is 0 Å². The molecule has 3 atom stereocenters. The Bertz CT molecular complexity index is 415. The molecule has 3 heterocycles. The van der Waals surface area contributed by atoms with Crippen LogP contribution in [-0.2, 0) is 9.59 Å². The SMILES string of the molecule is CC(C)C1(C(=O)N2CCCC3C(=O)NCC32)CCNC1. The van der Waals surface area contributed by atoms with Gasteiger partial charge in [-0.3, -0.25) is 9.59 Å². The Kier molecular flexibility index (Phi) is 3.48. The molecule has 0 saturated carbocycles. The minimum Gasteiger partial charge on any atom is -0.354 e. The third-order valence-corrected chi connectivity index (χ3v) is 5.58. The Balaban J connectivity index is 1.84. The molecule has 3 saturated heterocycles. The maximum Gasteiger partial charge on any atom is 0.230 e. The standard InChI is InChI=1S/C15H25N3O2/c1-10(2)15(5-6-16-9-15)14(20)18-7-3-4-11-12(18)8-17-13(11)19/h10-12,16H,3-9H2,1-2H3,(H,17,19). The highest BCUT2D eigenvalue weighted by Gasteiger charge is 2.50. The summed E-state index contributed by atoms with van der Waals surface area (Å²) in [4.78, 5) is 27.0. The topological polar surface area (TPSA) is 61.4 Å². The Hall–Kier alpha value is -1.10. The number of fused-ring (bicyclic) bond motifs is 1. The summed E-state index contributed by atoms with van der Waals surface area (Å²) in [5.74, 6) is 0.751. The first-order valence-corrected chi connectivity index (χ1v) is 7.86. The van der Waals surface area contributed by atoms with Gasteiger partial charge in [0.2, 0.25) is 11.8 Å². The summed E-state index contributed by atoms with van der Waals surface area (Å²) in [6.07, 6.45) is 2.79. The van der Waals surface area contributed by atoms with Crippen molar-refractivity contribution in [2.75, 3.05) is 26.2 Å². The molecule has 3 unspecified atom stereocenters. The number of hydrogen-bond acceptors (Lipinski definition) is 3. The first kappa shape index (κ1) is 13.9. The van der Waals surface area contributed by atoms with E-state index in [1.165, 1.54) is 0 Å². The first-order chi connectivity index (χ1) is 9.56. The second-order valence-electron chi connectivity index (χ2n) is 6.80. The van der Waals surface area contributed by atoms with Gasteiger partial charge in [-0.1, -0.05) is 13.8 Å². The Labute approximate surface area is 120 Å². The smallest absolute Gasteiger partial charge is 0.230 e. The fraction of sp³-hybridized carbons (Fsp3) is 0.867. The number of carbonyl (C=O) groups is 2. The maximum atomic E-state index is 13.2. The van der Waals surface area contributed by atoms with Gasteiger partial charge in [0, 0.05) is 19.6 Å². The lowest BCUT2D eigenvalue weighted by Crippen LogP contribution is -2.56. The molecule has 20 heavy (non-hydrogen) atoms. The van der Waals surface area contributed by atoms with Crippen LogP contribution < -0.4 is 10.6 Å². The van der Waals surface area contributed by atoms with E-state index in [4.69, 9.17) is 0 Å². The molecule has 0 radical (unpaired) electrons. The molecular weight excluding hydrogens is 254 g/mol. The van der Waals surface area contributed by atoms with E-state index in [1.807, 2.05) is 4.90 Å². The van der Waals surface area contributed by atoms with Crippen molar-refractivity contribution in [3.8, 4) is 0 Å². The lowest BCUT2D eigenvalue weighted by Gasteiger charge is -2.43. The molecule has 112 valence electrons. The average molecular weight is 279 g/mol. The fourth-order valence-electron chi connectivity index (χ4n) is 4.12. The second kappa shape index (κ2) is 5.02. The molecule has 2 amide bonds. The van der Waals surface area contributed by atoms with Gasteiger partial charge < -0.3 is 15.5 Å². The maximum absolute atomic E-state index is 13.2. The van der Waals surface area contributed by atoms with Crippen molar-refractivity contribution in [3.05, 3.63) is 0 Å². The van der Waals surface area contributed by atoms with E-state index < -0.39 is 0 Å². The average Bonchev–Trinajstić information content (AvgIpc) is 3.06. The third kappa shape index (κ3) is 1.94. The van der Waals surface area contributed by atoms with Crippen LogP contribution in [0.5, 0.6) is 0 Å². The molecule has 3 fully saturated rings. The van der Waals surface area contributed by atoms with Gasteiger partial charge in [0.1, 0.15) is 0 Å². The summed E-state index contributed by atoms with van der Waals surface area (Å²) in [7, 11) is 0. The van der Waals surface area contributed by atoms with E-state index in [9.17, 15) is 9.59 Å². The Morgan fingerprint density at radius 2 is 2.25 bits per heavy atom. The summed E-state index contributed by atoms with van der Waals surface area (Å²) in [6, 6.07) is 0.0833. The molecule has 0 aliphatic carbocycles. The first-order valence-electron chi connectivity index (χ1n) is 7.86. The predicted molar refractivity (Wildman–Crippen MR) is 76.0 cm³/mol. The van der Waals surface area contributed by atoms with Gasteiger partial charge in [0.25, 0.3) is 0 Å². The third-order valence-electron chi connectivity index (χ3n) is 5.58. The van der Waals surface area contributed by atoms with E-state index in [-0.39, 0.29) is 29.2 Å². The van der Waals surface area contributed by atoms with Crippen molar-refractivity contribution in [2.45, 2.75) is 39.2 Å². The monoisotopic (exact) mass is 279 g/mol. The van der Waals surface area contributed by atoms with Gasteiger partial charge in [-0.25, -0.2) is 0 Å². The number of carbonyl (C=O) groups excluding carboxylic acids is 2. The van der Waals surface area contributed by atoms with Crippen LogP contribution in [0.3, 0.4) is 0 Å². The number of amides is 2. The molecule has 3 aliphatic rings. The summed E-state index contributed by atoms with van der Waals surface area (Å²) in [5.41, 5.74) is -0.270. The van der Waals surface area contributed by atoms with E-state index in [1.54, 1.807) is 0 Å². The molecule has 3 aliphatic heterocycles. The highest BCUT2D eigenvalue weighted by atomic mass is 16.2. The molecule has 0 aromatic rings. The van der Waals surface area contributed by atoms with E-state index in [0.717, 1.165) is 38.9 Å². The normalized spacial score (nSPS) is 37.1. The van der Waals surface area contributed by atoms with E-state index >= 15 is 0 Å². The van der Waals surface area contributed by atoms with Crippen molar-refractivity contribution >= 4 is 11.8 Å². The van der Waals surface area contributed by atoms with Crippen LogP contribution in [0, 0.1) is 17.3 Å². The number of nitrogens with one attached hydrogen (secondary N) is 2. The minimum atomic E-state index is -0.270. The van der Waals surface area contributed by atoms with E-state index in [0.29, 0.717) is 12.5 Å². The van der Waals surface area contributed by atoms with Crippen LogP contribution in [0.1, 0.15) is 33.1 Å². The highest BCUT2D eigenvalue weighted by molar-refractivity contribution is 5.87. The molecule has 0 bridgehead atoms. The molecule has 0 aromatic carbocycles. The zero-order chi connectivity index (χ0) is 14.3. The zero-order valence-corrected chi connectivity index (χ0v) is 12.4. The molecular formula is C15H25N3O2. The number of piperidine rings is 1. The van der Waals surface area contributed by atoms with Gasteiger partial charge >= 0.3 is 0 Å². The van der Waals surface area contributed by atoms with Crippen molar-refractivity contribution < 1.29 is 9.59 Å². The quantitative estimate of drug-likeness (QED) is 0.767. The van der Waals surface area contributed by atoms with Crippen LogP contribution in [0.15, 0.2) is 0 Å².